The number of unbranched alkanes of at least 4 members (excludes halogenated alkanes) is 1. The number of aromatic amines is 1. The molecule has 0 spiro atoms. The number of thioether (sulfide) groups is 1. The van der Waals surface area contributed by atoms with Crippen LogP contribution in [0, 0.1) is 4.77 Å². The molecule has 0 amide bonds. The van der Waals surface area contributed by atoms with Crippen LogP contribution in [0.5, 0.6) is 0 Å². The van der Waals surface area contributed by atoms with Gasteiger partial charge in [0.15, 0.2) is 4.77 Å². The molecule has 5 heteroatoms. The number of hydrogen-bond acceptors (Lipinski definition) is 3. The van der Waals surface area contributed by atoms with Gasteiger partial charge < -0.3 is 4.57 Å². The van der Waals surface area contributed by atoms with Crippen LogP contribution in [-0.2, 0) is 13.0 Å². The number of hydrogen-bond donors (Lipinski definition) is 1. The Hall–Kier alpha value is -0.290. The molecule has 0 saturated heterocycles. The van der Waals surface area contributed by atoms with Crippen LogP contribution in [-0.4, -0.2) is 26.8 Å². The zero-order valence-electron chi connectivity index (χ0n) is 9.45. The van der Waals surface area contributed by atoms with Crippen molar-refractivity contribution in [2.24, 2.45) is 0 Å². The van der Waals surface area contributed by atoms with E-state index in [0.717, 1.165) is 30.0 Å². The SMILES string of the molecule is CCCc1n[nH]c(=S)n1CCCCSC. The molecular weight excluding hydrogens is 226 g/mol. The van der Waals surface area contributed by atoms with Crippen molar-refractivity contribution in [1.82, 2.24) is 14.8 Å². The molecule has 1 heterocycles. The van der Waals surface area contributed by atoms with Gasteiger partial charge in [0.1, 0.15) is 5.82 Å². The third-order valence-corrected chi connectivity index (χ3v) is 3.30. The fraction of sp³-hybridized carbons (Fsp3) is 0.800. The molecule has 0 fully saturated rings. The summed E-state index contributed by atoms with van der Waals surface area (Å²) in [5.41, 5.74) is 0. The van der Waals surface area contributed by atoms with Gasteiger partial charge in [0.2, 0.25) is 0 Å². The number of nitrogens with one attached hydrogen (secondary N) is 1. The van der Waals surface area contributed by atoms with Gasteiger partial charge in [-0.3, -0.25) is 5.10 Å². The largest absolute Gasteiger partial charge is 0.304 e. The van der Waals surface area contributed by atoms with Crippen LogP contribution in [0.4, 0.5) is 0 Å². The van der Waals surface area contributed by atoms with Crippen molar-refractivity contribution in [1.29, 1.82) is 0 Å². The molecule has 0 bridgehead atoms. The average Bonchev–Trinajstić information content (AvgIpc) is 2.56. The van der Waals surface area contributed by atoms with Crippen molar-refractivity contribution in [2.45, 2.75) is 39.2 Å². The molecule has 15 heavy (non-hydrogen) atoms. The van der Waals surface area contributed by atoms with Gasteiger partial charge in [-0.2, -0.15) is 16.9 Å². The zero-order chi connectivity index (χ0) is 11.1. The second kappa shape index (κ2) is 7.06. The van der Waals surface area contributed by atoms with E-state index in [-0.39, 0.29) is 0 Å². The quantitative estimate of drug-likeness (QED) is 0.592. The summed E-state index contributed by atoms with van der Waals surface area (Å²) in [7, 11) is 0. The predicted octanol–water partition coefficient (Wildman–Crippen LogP) is 3.04. The van der Waals surface area contributed by atoms with E-state index in [1.807, 2.05) is 11.8 Å². The van der Waals surface area contributed by atoms with E-state index in [2.05, 4.69) is 27.9 Å². The van der Waals surface area contributed by atoms with Gasteiger partial charge in [-0.1, -0.05) is 6.92 Å². The lowest BCUT2D eigenvalue weighted by Crippen LogP contribution is -2.04. The highest BCUT2D eigenvalue weighted by molar-refractivity contribution is 7.98. The lowest BCUT2D eigenvalue weighted by molar-refractivity contribution is 0.595. The summed E-state index contributed by atoms with van der Waals surface area (Å²) in [6.45, 7) is 3.17. The molecule has 0 saturated carbocycles. The second-order valence-electron chi connectivity index (χ2n) is 3.55. The zero-order valence-corrected chi connectivity index (χ0v) is 11.1. The Kier molecular flexibility index (Phi) is 6.02. The normalized spacial score (nSPS) is 10.8. The highest BCUT2D eigenvalue weighted by atomic mass is 32.2. The van der Waals surface area contributed by atoms with Crippen LogP contribution in [0.3, 0.4) is 0 Å². The first-order chi connectivity index (χ1) is 7.29. The summed E-state index contributed by atoms with van der Waals surface area (Å²) in [6, 6.07) is 0. The van der Waals surface area contributed by atoms with Crippen LogP contribution < -0.4 is 0 Å². The van der Waals surface area contributed by atoms with Gasteiger partial charge >= 0.3 is 0 Å². The molecule has 0 aliphatic rings. The Bertz CT molecular complexity index is 330. The number of aryl methyl sites for hydroxylation is 1. The van der Waals surface area contributed by atoms with Crippen molar-refractivity contribution in [3.05, 3.63) is 10.6 Å². The van der Waals surface area contributed by atoms with Crippen LogP contribution in [0.2, 0.25) is 0 Å². The van der Waals surface area contributed by atoms with Crippen molar-refractivity contribution in [2.75, 3.05) is 12.0 Å². The molecule has 1 N–H and O–H groups in total. The summed E-state index contributed by atoms with van der Waals surface area (Å²) in [6.07, 6.45) is 6.71. The molecular formula is C10H19N3S2. The highest BCUT2D eigenvalue weighted by Crippen LogP contribution is 2.06. The average molecular weight is 245 g/mol. The number of rotatable bonds is 7. The second-order valence-corrected chi connectivity index (χ2v) is 4.92. The van der Waals surface area contributed by atoms with E-state index in [4.69, 9.17) is 12.2 Å². The fourth-order valence-electron chi connectivity index (χ4n) is 1.51. The maximum absolute atomic E-state index is 5.20. The lowest BCUT2D eigenvalue weighted by atomic mass is 10.3. The molecule has 0 aliphatic carbocycles. The lowest BCUT2D eigenvalue weighted by Gasteiger charge is -2.05. The predicted molar refractivity (Wildman–Crippen MR) is 69.0 cm³/mol. The van der Waals surface area contributed by atoms with Gasteiger partial charge in [-0.15, -0.1) is 0 Å². The van der Waals surface area contributed by atoms with Gasteiger partial charge in [-0.05, 0) is 43.5 Å². The summed E-state index contributed by atoms with van der Waals surface area (Å²) < 4.78 is 2.90. The van der Waals surface area contributed by atoms with Crippen molar-refractivity contribution < 1.29 is 0 Å². The fourth-order valence-corrected chi connectivity index (χ4v) is 2.25. The van der Waals surface area contributed by atoms with Gasteiger partial charge in [0, 0.05) is 13.0 Å². The maximum atomic E-state index is 5.20. The standard InChI is InChI=1S/C10H19N3S2/c1-3-6-9-11-12-10(14)13(9)7-4-5-8-15-2/h3-8H2,1-2H3,(H,12,14). The number of nitrogens with zero attached hydrogens (tertiary/aromatic N) is 2. The minimum absolute atomic E-state index is 0.766. The van der Waals surface area contributed by atoms with Gasteiger partial charge in [0.25, 0.3) is 0 Å². The van der Waals surface area contributed by atoms with Gasteiger partial charge in [0.05, 0.1) is 0 Å². The third kappa shape index (κ3) is 3.99. The van der Waals surface area contributed by atoms with E-state index < -0.39 is 0 Å². The molecule has 1 rings (SSSR count). The molecule has 1 aromatic rings. The Morgan fingerprint density at radius 2 is 2.27 bits per heavy atom. The summed E-state index contributed by atoms with van der Waals surface area (Å²) in [5.74, 6) is 2.33. The van der Waals surface area contributed by atoms with E-state index in [0.29, 0.717) is 0 Å². The Morgan fingerprint density at radius 3 is 2.93 bits per heavy atom. The summed E-state index contributed by atoms with van der Waals surface area (Å²) in [5, 5.41) is 7.12. The number of H-pyrrole nitrogens is 1. The van der Waals surface area contributed by atoms with Crippen LogP contribution >= 0.6 is 24.0 Å². The smallest absolute Gasteiger partial charge is 0.195 e. The van der Waals surface area contributed by atoms with Crippen LogP contribution in [0.25, 0.3) is 0 Å². The Balaban J connectivity index is 2.50. The maximum Gasteiger partial charge on any atom is 0.195 e. The molecule has 0 aliphatic heterocycles. The topological polar surface area (TPSA) is 33.6 Å². The molecule has 0 unspecified atom stereocenters. The number of aromatic nitrogens is 3. The monoisotopic (exact) mass is 245 g/mol. The Morgan fingerprint density at radius 1 is 1.47 bits per heavy atom. The van der Waals surface area contributed by atoms with Crippen molar-refractivity contribution in [3.8, 4) is 0 Å². The van der Waals surface area contributed by atoms with Crippen molar-refractivity contribution >= 4 is 24.0 Å². The summed E-state index contributed by atoms with van der Waals surface area (Å²) >= 11 is 7.10. The van der Waals surface area contributed by atoms with E-state index in [9.17, 15) is 0 Å². The van der Waals surface area contributed by atoms with Gasteiger partial charge in [-0.25, -0.2) is 0 Å². The van der Waals surface area contributed by atoms with Crippen molar-refractivity contribution in [3.63, 3.8) is 0 Å². The molecule has 0 aromatic carbocycles. The molecule has 1 aromatic heterocycles. The first-order valence-electron chi connectivity index (χ1n) is 5.42. The van der Waals surface area contributed by atoms with E-state index in [1.54, 1.807) is 0 Å². The van der Waals surface area contributed by atoms with Crippen LogP contribution in [0.1, 0.15) is 32.0 Å². The molecule has 86 valence electrons. The molecule has 3 nitrogen and oxygen atoms in total. The molecule has 0 radical (unpaired) electrons. The first kappa shape index (κ1) is 12.8. The van der Waals surface area contributed by atoms with E-state index >= 15 is 0 Å². The van der Waals surface area contributed by atoms with E-state index in [1.165, 1.54) is 18.6 Å². The summed E-state index contributed by atoms with van der Waals surface area (Å²) in [4.78, 5) is 0. The Labute approximate surface area is 101 Å². The van der Waals surface area contributed by atoms with Crippen LogP contribution in [0.15, 0.2) is 0 Å². The highest BCUT2D eigenvalue weighted by Gasteiger charge is 2.03. The first-order valence-corrected chi connectivity index (χ1v) is 7.22. The third-order valence-electron chi connectivity index (χ3n) is 2.29. The molecule has 0 atom stereocenters. The minimum atomic E-state index is 0.766. The minimum Gasteiger partial charge on any atom is -0.304 e.